The fourth-order valence-electron chi connectivity index (χ4n) is 2.13. The van der Waals surface area contributed by atoms with Gasteiger partial charge in [0, 0.05) is 25.6 Å². The zero-order chi connectivity index (χ0) is 13.5. The predicted molar refractivity (Wildman–Crippen MR) is 75.1 cm³/mol. The lowest BCUT2D eigenvalue weighted by atomic mass is 10.1. The second kappa shape index (κ2) is 7.14. The van der Waals surface area contributed by atoms with Crippen LogP contribution in [0.15, 0.2) is 24.3 Å². The minimum absolute atomic E-state index is 0.160. The summed E-state index contributed by atoms with van der Waals surface area (Å²) >= 11 is 0. The highest BCUT2D eigenvalue weighted by atomic mass is 16.5. The summed E-state index contributed by atoms with van der Waals surface area (Å²) in [5, 5.41) is 6.35. The van der Waals surface area contributed by atoms with Gasteiger partial charge in [-0.05, 0) is 30.5 Å². The van der Waals surface area contributed by atoms with Crippen molar-refractivity contribution in [2.75, 3.05) is 13.2 Å². The Morgan fingerprint density at radius 2 is 2.37 bits per heavy atom. The Hall–Kier alpha value is -1.55. The van der Waals surface area contributed by atoms with E-state index in [9.17, 15) is 4.79 Å². The van der Waals surface area contributed by atoms with E-state index < -0.39 is 0 Å². The lowest BCUT2D eigenvalue weighted by molar-refractivity contribution is -0.122. The number of carbonyl (C=O) groups excluding carboxylic acids is 1. The molecule has 1 aliphatic rings. The lowest BCUT2D eigenvalue weighted by Crippen LogP contribution is -2.45. The summed E-state index contributed by atoms with van der Waals surface area (Å²) in [6, 6.07) is 8.54. The van der Waals surface area contributed by atoms with Gasteiger partial charge in [0.15, 0.2) is 0 Å². The van der Waals surface area contributed by atoms with E-state index in [2.05, 4.69) is 29.7 Å². The van der Waals surface area contributed by atoms with Gasteiger partial charge in [0.2, 0.25) is 5.91 Å². The number of nitrogens with one attached hydrogen (secondary N) is 2. The van der Waals surface area contributed by atoms with Crippen molar-refractivity contribution in [1.29, 1.82) is 0 Å². The first-order chi connectivity index (χ1) is 9.28. The van der Waals surface area contributed by atoms with Crippen molar-refractivity contribution >= 4 is 5.91 Å². The summed E-state index contributed by atoms with van der Waals surface area (Å²) in [4.78, 5) is 11.1. The summed E-state index contributed by atoms with van der Waals surface area (Å²) in [6.07, 6.45) is 2.55. The SMILES string of the molecule is CCCOc1cccc(CNC2CCC(=O)NC2)c1. The van der Waals surface area contributed by atoms with E-state index in [0.717, 1.165) is 38.3 Å². The normalized spacial score (nSPS) is 19.0. The lowest BCUT2D eigenvalue weighted by Gasteiger charge is -2.23. The zero-order valence-electron chi connectivity index (χ0n) is 11.4. The topological polar surface area (TPSA) is 50.4 Å². The molecule has 1 amide bonds. The molecule has 104 valence electrons. The second-order valence-electron chi connectivity index (χ2n) is 4.92. The molecule has 4 heteroatoms. The summed E-state index contributed by atoms with van der Waals surface area (Å²) < 4.78 is 5.62. The molecule has 0 aliphatic carbocycles. The van der Waals surface area contributed by atoms with E-state index in [1.807, 2.05) is 12.1 Å². The maximum Gasteiger partial charge on any atom is 0.220 e. The van der Waals surface area contributed by atoms with Gasteiger partial charge in [0.05, 0.1) is 6.61 Å². The molecule has 2 rings (SSSR count). The molecule has 1 unspecified atom stereocenters. The Balaban J connectivity index is 1.80. The Labute approximate surface area is 114 Å². The van der Waals surface area contributed by atoms with Crippen molar-refractivity contribution in [3.8, 4) is 5.75 Å². The number of hydrogen-bond acceptors (Lipinski definition) is 3. The summed E-state index contributed by atoms with van der Waals surface area (Å²) in [5.74, 6) is 1.09. The Kier molecular flexibility index (Phi) is 5.21. The van der Waals surface area contributed by atoms with Gasteiger partial charge in [0.1, 0.15) is 5.75 Å². The Bertz CT molecular complexity index is 410. The molecule has 1 fully saturated rings. The zero-order valence-corrected chi connectivity index (χ0v) is 11.4. The van der Waals surface area contributed by atoms with Crippen LogP contribution in [0.2, 0.25) is 0 Å². The van der Waals surface area contributed by atoms with Gasteiger partial charge >= 0.3 is 0 Å². The smallest absolute Gasteiger partial charge is 0.220 e. The van der Waals surface area contributed by atoms with Gasteiger partial charge < -0.3 is 15.4 Å². The number of rotatable bonds is 6. The van der Waals surface area contributed by atoms with Crippen molar-refractivity contribution in [2.45, 2.75) is 38.8 Å². The van der Waals surface area contributed by atoms with Crippen molar-refractivity contribution in [2.24, 2.45) is 0 Å². The average Bonchev–Trinajstić information content (AvgIpc) is 2.45. The molecule has 0 saturated carbocycles. The molecule has 1 aliphatic heterocycles. The van der Waals surface area contributed by atoms with Gasteiger partial charge in [-0.1, -0.05) is 19.1 Å². The van der Waals surface area contributed by atoms with E-state index >= 15 is 0 Å². The van der Waals surface area contributed by atoms with Crippen LogP contribution in [-0.4, -0.2) is 25.1 Å². The molecule has 1 saturated heterocycles. The highest BCUT2D eigenvalue weighted by Crippen LogP contribution is 2.14. The Morgan fingerprint density at radius 1 is 1.47 bits per heavy atom. The van der Waals surface area contributed by atoms with Crippen LogP contribution in [0.3, 0.4) is 0 Å². The molecule has 0 aromatic heterocycles. The molecular formula is C15H22N2O2. The third-order valence-corrected chi connectivity index (χ3v) is 3.23. The molecule has 1 heterocycles. The third kappa shape index (κ3) is 4.56. The van der Waals surface area contributed by atoms with Crippen LogP contribution < -0.4 is 15.4 Å². The minimum atomic E-state index is 0.160. The fraction of sp³-hybridized carbons (Fsp3) is 0.533. The number of hydrogen-bond donors (Lipinski definition) is 2. The number of amides is 1. The molecule has 1 atom stereocenters. The summed E-state index contributed by atoms with van der Waals surface area (Å²) in [7, 11) is 0. The van der Waals surface area contributed by atoms with E-state index in [4.69, 9.17) is 4.74 Å². The number of piperidine rings is 1. The molecule has 19 heavy (non-hydrogen) atoms. The first kappa shape index (κ1) is 13.9. The van der Waals surface area contributed by atoms with Crippen molar-refractivity contribution in [3.05, 3.63) is 29.8 Å². The molecule has 2 N–H and O–H groups in total. The number of benzene rings is 1. The van der Waals surface area contributed by atoms with Crippen LogP contribution in [-0.2, 0) is 11.3 Å². The van der Waals surface area contributed by atoms with Crippen LogP contribution in [0.5, 0.6) is 5.75 Å². The van der Waals surface area contributed by atoms with E-state index in [-0.39, 0.29) is 5.91 Å². The average molecular weight is 262 g/mol. The number of ether oxygens (including phenoxy) is 1. The maximum atomic E-state index is 11.1. The molecule has 4 nitrogen and oxygen atoms in total. The molecule has 0 bridgehead atoms. The van der Waals surface area contributed by atoms with Gasteiger partial charge in [0.25, 0.3) is 0 Å². The number of carbonyl (C=O) groups is 1. The molecule has 0 spiro atoms. The van der Waals surface area contributed by atoms with Crippen LogP contribution in [0, 0.1) is 0 Å². The predicted octanol–water partition coefficient (Wildman–Crippen LogP) is 1.84. The van der Waals surface area contributed by atoms with Crippen LogP contribution in [0.25, 0.3) is 0 Å². The molecule has 0 radical (unpaired) electrons. The van der Waals surface area contributed by atoms with Gasteiger partial charge in [-0.15, -0.1) is 0 Å². The molecular weight excluding hydrogens is 240 g/mol. The molecule has 1 aromatic rings. The van der Waals surface area contributed by atoms with Crippen molar-refractivity contribution < 1.29 is 9.53 Å². The summed E-state index contributed by atoms with van der Waals surface area (Å²) in [5.41, 5.74) is 1.21. The fourth-order valence-corrected chi connectivity index (χ4v) is 2.13. The van der Waals surface area contributed by atoms with Crippen LogP contribution in [0.4, 0.5) is 0 Å². The van der Waals surface area contributed by atoms with Crippen LogP contribution in [0.1, 0.15) is 31.7 Å². The highest BCUT2D eigenvalue weighted by molar-refractivity contribution is 5.76. The highest BCUT2D eigenvalue weighted by Gasteiger charge is 2.16. The van der Waals surface area contributed by atoms with E-state index in [1.165, 1.54) is 5.56 Å². The first-order valence-corrected chi connectivity index (χ1v) is 6.99. The van der Waals surface area contributed by atoms with Gasteiger partial charge in [-0.3, -0.25) is 4.79 Å². The molecule has 1 aromatic carbocycles. The maximum absolute atomic E-state index is 11.1. The first-order valence-electron chi connectivity index (χ1n) is 6.99. The second-order valence-corrected chi connectivity index (χ2v) is 4.92. The largest absolute Gasteiger partial charge is 0.494 e. The van der Waals surface area contributed by atoms with E-state index in [1.54, 1.807) is 0 Å². The Morgan fingerprint density at radius 3 is 3.11 bits per heavy atom. The quantitative estimate of drug-likeness (QED) is 0.822. The van der Waals surface area contributed by atoms with Crippen molar-refractivity contribution in [3.63, 3.8) is 0 Å². The minimum Gasteiger partial charge on any atom is -0.494 e. The standard InChI is InChI=1S/C15H22N2O2/c1-2-8-19-14-5-3-4-12(9-14)10-16-13-6-7-15(18)17-11-13/h3-5,9,13,16H,2,6-8,10-11H2,1H3,(H,17,18). The van der Waals surface area contributed by atoms with Gasteiger partial charge in [-0.25, -0.2) is 0 Å². The van der Waals surface area contributed by atoms with Crippen LogP contribution >= 0.6 is 0 Å². The third-order valence-electron chi connectivity index (χ3n) is 3.23. The van der Waals surface area contributed by atoms with Gasteiger partial charge in [-0.2, -0.15) is 0 Å². The summed E-state index contributed by atoms with van der Waals surface area (Å²) in [6.45, 7) is 4.39. The van der Waals surface area contributed by atoms with Crippen molar-refractivity contribution in [1.82, 2.24) is 10.6 Å². The van der Waals surface area contributed by atoms with E-state index in [0.29, 0.717) is 12.5 Å². The monoisotopic (exact) mass is 262 g/mol.